The zero-order valence-corrected chi connectivity index (χ0v) is 18.6. The van der Waals surface area contributed by atoms with E-state index in [1.807, 2.05) is 0 Å². The third-order valence-corrected chi connectivity index (χ3v) is 4.86. The van der Waals surface area contributed by atoms with Crippen molar-refractivity contribution in [3.05, 3.63) is 58.6 Å². The predicted octanol–water partition coefficient (Wildman–Crippen LogP) is 0.401. The van der Waals surface area contributed by atoms with E-state index in [0.717, 1.165) is 25.3 Å². The molecule has 0 amide bonds. The van der Waals surface area contributed by atoms with Crippen molar-refractivity contribution in [1.29, 1.82) is 0 Å². The van der Waals surface area contributed by atoms with Crippen LogP contribution in [0, 0.1) is 0 Å². The molecule has 1 saturated heterocycles. The molecule has 2 heterocycles. The lowest BCUT2D eigenvalue weighted by molar-refractivity contribution is -0.168. The molecule has 1 aliphatic heterocycles. The molecule has 12 nitrogen and oxygen atoms in total. The summed E-state index contributed by atoms with van der Waals surface area (Å²) in [6, 6.07) is 9.23. The number of aromatic nitrogens is 2. The molecule has 12 heteroatoms. The average molecular weight is 473 g/mol. The normalized spacial score (nSPS) is 22.4. The highest BCUT2D eigenvalue weighted by atomic mass is 16.7. The number of benzene rings is 1. The number of anilines is 1. The third kappa shape index (κ3) is 5.46. The van der Waals surface area contributed by atoms with E-state index < -0.39 is 60.0 Å². The SMILES string of the molecule is CC(=O)OC(C(=O)c1ccccc1)[C@H]1O[C@@H](n2ccc(N)nc2=O)[C@H](OC(C)=O)[C@@H]1OC(C)=O. The van der Waals surface area contributed by atoms with Crippen molar-refractivity contribution in [2.75, 3.05) is 5.73 Å². The van der Waals surface area contributed by atoms with Gasteiger partial charge in [-0.2, -0.15) is 4.98 Å². The Kier molecular flexibility index (Phi) is 7.41. The Morgan fingerprint density at radius 1 is 0.971 bits per heavy atom. The lowest BCUT2D eigenvalue weighted by Gasteiger charge is -2.27. The molecule has 0 bridgehead atoms. The van der Waals surface area contributed by atoms with Gasteiger partial charge in [0, 0.05) is 32.5 Å². The summed E-state index contributed by atoms with van der Waals surface area (Å²) in [4.78, 5) is 65.0. The Morgan fingerprint density at radius 3 is 2.15 bits per heavy atom. The number of carbonyl (C=O) groups is 4. The highest BCUT2D eigenvalue weighted by Crippen LogP contribution is 2.36. The maximum Gasteiger partial charge on any atom is 0.351 e. The number of hydrogen-bond acceptors (Lipinski definition) is 11. The Morgan fingerprint density at radius 2 is 1.59 bits per heavy atom. The van der Waals surface area contributed by atoms with E-state index in [9.17, 15) is 24.0 Å². The van der Waals surface area contributed by atoms with E-state index in [-0.39, 0.29) is 11.4 Å². The van der Waals surface area contributed by atoms with Crippen molar-refractivity contribution >= 4 is 29.5 Å². The number of carbonyl (C=O) groups excluding carboxylic acids is 4. The first-order valence-electron chi connectivity index (χ1n) is 10.2. The molecule has 1 aromatic carbocycles. The lowest BCUT2D eigenvalue weighted by Crippen LogP contribution is -2.48. The van der Waals surface area contributed by atoms with Gasteiger partial charge in [-0.1, -0.05) is 30.3 Å². The minimum absolute atomic E-state index is 0.0617. The van der Waals surface area contributed by atoms with Crippen LogP contribution >= 0.6 is 0 Å². The predicted molar refractivity (Wildman–Crippen MR) is 114 cm³/mol. The van der Waals surface area contributed by atoms with Crippen molar-refractivity contribution in [1.82, 2.24) is 9.55 Å². The van der Waals surface area contributed by atoms with Gasteiger partial charge in [0.25, 0.3) is 0 Å². The molecular formula is C22H23N3O9. The smallest absolute Gasteiger partial charge is 0.351 e. The monoisotopic (exact) mass is 473 g/mol. The van der Waals surface area contributed by atoms with E-state index in [1.165, 1.54) is 24.4 Å². The number of hydrogen-bond donors (Lipinski definition) is 1. The van der Waals surface area contributed by atoms with Crippen LogP contribution in [0.4, 0.5) is 5.82 Å². The van der Waals surface area contributed by atoms with E-state index >= 15 is 0 Å². The molecule has 1 unspecified atom stereocenters. The van der Waals surface area contributed by atoms with Gasteiger partial charge in [0.15, 0.2) is 24.5 Å². The number of Topliss-reactive ketones (excluding diaryl/α,β-unsaturated/α-hetero) is 1. The Labute approximate surface area is 193 Å². The van der Waals surface area contributed by atoms with Crippen molar-refractivity contribution in [3.8, 4) is 0 Å². The van der Waals surface area contributed by atoms with Crippen LogP contribution in [0.15, 0.2) is 47.4 Å². The standard InChI is InChI=1S/C22H23N3O9/c1-11(26)31-17(16(29)14-7-5-4-6-8-14)18-19(32-12(2)27)20(33-13(3)28)21(34-18)25-10-9-15(23)24-22(25)30/h4-10,17-21H,1-3H3,(H2,23,24,30)/t17?,18-,19-,20-,21-/m1/s1. The van der Waals surface area contributed by atoms with Crippen molar-refractivity contribution in [2.24, 2.45) is 0 Å². The van der Waals surface area contributed by atoms with Gasteiger partial charge in [-0.05, 0) is 6.07 Å². The van der Waals surface area contributed by atoms with Gasteiger partial charge >= 0.3 is 23.6 Å². The Hall–Kier alpha value is -4.06. The van der Waals surface area contributed by atoms with Gasteiger partial charge in [0.2, 0.25) is 5.78 Å². The minimum Gasteiger partial charge on any atom is -0.455 e. The molecule has 0 spiro atoms. The third-order valence-electron chi connectivity index (χ3n) is 4.86. The Balaban J connectivity index is 2.11. The highest BCUT2D eigenvalue weighted by molar-refractivity contribution is 6.00. The van der Waals surface area contributed by atoms with Crippen LogP contribution in [0.3, 0.4) is 0 Å². The van der Waals surface area contributed by atoms with Crippen molar-refractivity contribution in [3.63, 3.8) is 0 Å². The first-order chi connectivity index (χ1) is 16.1. The first kappa shape index (κ1) is 24.6. The fourth-order valence-electron chi connectivity index (χ4n) is 3.61. The number of rotatable bonds is 7. The van der Waals surface area contributed by atoms with E-state index in [0.29, 0.717) is 0 Å². The Bertz CT molecular complexity index is 1150. The number of esters is 3. The maximum absolute atomic E-state index is 13.3. The highest BCUT2D eigenvalue weighted by Gasteiger charge is 2.55. The molecule has 0 aliphatic carbocycles. The van der Waals surface area contributed by atoms with Gasteiger partial charge in [0.05, 0.1) is 0 Å². The van der Waals surface area contributed by atoms with Gasteiger partial charge in [0.1, 0.15) is 11.9 Å². The van der Waals surface area contributed by atoms with E-state index in [1.54, 1.807) is 18.2 Å². The molecule has 5 atom stereocenters. The molecule has 1 fully saturated rings. The van der Waals surface area contributed by atoms with Crippen molar-refractivity contribution < 1.29 is 38.1 Å². The van der Waals surface area contributed by atoms with Gasteiger partial charge in [-0.25, -0.2) is 4.79 Å². The number of nitrogens with zero attached hydrogens (tertiary/aromatic N) is 2. The zero-order valence-electron chi connectivity index (χ0n) is 18.6. The fraction of sp³-hybridized carbons (Fsp3) is 0.364. The average Bonchev–Trinajstić information content (AvgIpc) is 3.08. The van der Waals surface area contributed by atoms with Crippen molar-refractivity contribution in [2.45, 2.75) is 51.4 Å². The second-order valence-electron chi connectivity index (χ2n) is 7.44. The summed E-state index contributed by atoms with van der Waals surface area (Å²) in [5, 5.41) is 0. The summed E-state index contributed by atoms with van der Waals surface area (Å²) in [6.07, 6.45) is -5.94. The molecule has 2 N–H and O–H groups in total. The quantitative estimate of drug-likeness (QED) is 0.336. The van der Waals surface area contributed by atoms with Crippen LogP contribution in [0.5, 0.6) is 0 Å². The van der Waals surface area contributed by atoms with Crippen LogP contribution in [-0.2, 0) is 33.3 Å². The van der Waals surface area contributed by atoms with Crippen LogP contribution in [-0.4, -0.2) is 57.7 Å². The maximum atomic E-state index is 13.3. The second-order valence-corrected chi connectivity index (χ2v) is 7.44. The molecular weight excluding hydrogens is 450 g/mol. The summed E-state index contributed by atoms with van der Waals surface area (Å²) < 4.78 is 22.9. The number of ether oxygens (including phenoxy) is 4. The molecule has 0 saturated carbocycles. The molecule has 34 heavy (non-hydrogen) atoms. The number of nitrogens with two attached hydrogens (primary N) is 1. The molecule has 1 aromatic heterocycles. The fourth-order valence-corrected chi connectivity index (χ4v) is 3.61. The summed E-state index contributed by atoms with van der Waals surface area (Å²) in [6.45, 7) is 3.31. The molecule has 3 rings (SSSR count). The summed E-state index contributed by atoms with van der Waals surface area (Å²) >= 11 is 0. The first-order valence-corrected chi connectivity index (χ1v) is 10.2. The number of ketones is 1. The topological polar surface area (TPSA) is 166 Å². The molecule has 180 valence electrons. The second kappa shape index (κ2) is 10.3. The summed E-state index contributed by atoms with van der Waals surface area (Å²) in [5.74, 6) is -3.08. The summed E-state index contributed by atoms with van der Waals surface area (Å²) in [5.41, 5.74) is 4.89. The van der Waals surface area contributed by atoms with Crippen LogP contribution in [0.25, 0.3) is 0 Å². The van der Waals surface area contributed by atoms with Gasteiger partial charge in [-0.3, -0.25) is 23.7 Å². The molecule has 0 radical (unpaired) electrons. The van der Waals surface area contributed by atoms with Crippen LogP contribution in [0.1, 0.15) is 37.4 Å². The van der Waals surface area contributed by atoms with E-state index in [2.05, 4.69) is 4.98 Å². The van der Waals surface area contributed by atoms with E-state index in [4.69, 9.17) is 24.7 Å². The van der Waals surface area contributed by atoms with Gasteiger partial charge < -0.3 is 24.7 Å². The summed E-state index contributed by atoms with van der Waals surface area (Å²) in [7, 11) is 0. The van der Waals surface area contributed by atoms with Gasteiger partial charge in [-0.15, -0.1) is 0 Å². The largest absolute Gasteiger partial charge is 0.455 e. The lowest BCUT2D eigenvalue weighted by atomic mass is 9.97. The molecule has 1 aliphatic rings. The van der Waals surface area contributed by atoms with Crippen LogP contribution < -0.4 is 11.4 Å². The van der Waals surface area contributed by atoms with Crippen LogP contribution in [0.2, 0.25) is 0 Å². The zero-order chi connectivity index (χ0) is 25.0. The number of nitrogen functional groups attached to an aromatic ring is 1. The molecule has 2 aromatic rings. The minimum atomic E-state index is -1.59.